The molecule has 0 spiro atoms. The number of morpholine rings is 1. The Morgan fingerprint density at radius 3 is 2.75 bits per heavy atom. The summed E-state index contributed by atoms with van der Waals surface area (Å²) in [6.45, 7) is 3.89. The smallest absolute Gasteiger partial charge is 0.409 e. The molecular weight excluding hydrogens is 472 g/mol. The van der Waals surface area contributed by atoms with Crippen LogP contribution in [0.2, 0.25) is 0 Å². The van der Waals surface area contributed by atoms with Crippen LogP contribution in [0.15, 0.2) is 30.5 Å². The van der Waals surface area contributed by atoms with Crippen LogP contribution in [-0.4, -0.2) is 78.8 Å². The summed E-state index contributed by atoms with van der Waals surface area (Å²) in [5.74, 6) is -1.86. The van der Waals surface area contributed by atoms with Crippen LogP contribution in [0.1, 0.15) is 11.3 Å². The molecule has 2 fully saturated rings. The van der Waals surface area contributed by atoms with Gasteiger partial charge in [-0.3, -0.25) is 4.79 Å². The van der Waals surface area contributed by atoms with E-state index in [1.54, 1.807) is 15.5 Å². The zero-order valence-electron chi connectivity index (χ0n) is 20.1. The number of aromatic nitrogens is 2. The summed E-state index contributed by atoms with van der Waals surface area (Å²) >= 11 is 0. The van der Waals surface area contributed by atoms with Gasteiger partial charge in [0.05, 0.1) is 49.9 Å². The highest BCUT2D eigenvalue weighted by Crippen LogP contribution is 2.34. The van der Waals surface area contributed by atoms with E-state index in [0.717, 1.165) is 5.56 Å². The molecular formula is C25H27F2N5O4. The molecule has 2 saturated heterocycles. The van der Waals surface area contributed by atoms with Crippen LogP contribution in [0, 0.1) is 18.6 Å². The van der Waals surface area contributed by atoms with Crippen LogP contribution in [0.4, 0.5) is 19.3 Å². The highest BCUT2D eigenvalue weighted by Gasteiger charge is 2.30. The molecule has 0 aliphatic carbocycles. The van der Waals surface area contributed by atoms with Gasteiger partial charge in [-0.2, -0.15) is 0 Å². The normalized spacial score (nSPS) is 18.7. The number of halogens is 2. The Balaban J connectivity index is 1.55. The lowest BCUT2D eigenvalue weighted by atomic mass is 10.0. The maximum atomic E-state index is 15.5. The number of piperazine rings is 1. The first-order valence-corrected chi connectivity index (χ1v) is 11.8. The number of ether oxygens (including phenoxy) is 2. The van der Waals surface area contributed by atoms with Crippen LogP contribution < -0.4 is 10.2 Å². The van der Waals surface area contributed by atoms with E-state index in [9.17, 15) is 9.59 Å². The molecule has 2 aliphatic heterocycles. The number of hydrogen-bond donors (Lipinski definition) is 1. The third-order valence-corrected chi connectivity index (χ3v) is 6.54. The fourth-order valence-corrected chi connectivity index (χ4v) is 4.77. The van der Waals surface area contributed by atoms with E-state index in [-0.39, 0.29) is 42.4 Å². The molecule has 36 heavy (non-hydrogen) atoms. The molecule has 2 aliphatic rings. The molecule has 0 unspecified atom stereocenters. The highest BCUT2D eigenvalue weighted by molar-refractivity contribution is 5.95. The zero-order valence-corrected chi connectivity index (χ0v) is 20.1. The molecule has 1 atom stereocenters. The number of carbonyl (C=O) groups excluding carboxylic acids is 2. The molecule has 9 nitrogen and oxygen atoms in total. The van der Waals surface area contributed by atoms with Crippen molar-refractivity contribution in [2.75, 3.05) is 51.3 Å². The van der Waals surface area contributed by atoms with Crippen molar-refractivity contribution >= 4 is 23.3 Å². The Hall–Kier alpha value is -3.57. The van der Waals surface area contributed by atoms with Crippen LogP contribution >= 0.6 is 0 Å². The van der Waals surface area contributed by atoms with Crippen LogP contribution in [0.5, 0.6) is 0 Å². The molecule has 0 saturated carbocycles. The monoisotopic (exact) mass is 499 g/mol. The van der Waals surface area contributed by atoms with Gasteiger partial charge in [0.15, 0.2) is 0 Å². The number of anilines is 1. The first kappa shape index (κ1) is 24.1. The SMILES string of the molecule is COC(=O)N1CCO[C@@H](Cc2c(-c3c(F)cc(N4CCNCC4=O)cc3F)nc3cc(C)ccn23)C1. The average molecular weight is 500 g/mol. The summed E-state index contributed by atoms with van der Waals surface area (Å²) in [5.41, 5.74) is 2.12. The Morgan fingerprint density at radius 1 is 1.25 bits per heavy atom. The minimum absolute atomic E-state index is 0.116. The number of aryl methyl sites for hydroxylation is 1. The van der Waals surface area contributed by atoms with Crippen molar-refractivity contribution in [3.05, 3.63) is 53.4 Å². The van der Waals surface area contributed by atoms with Crippen LogP contribution in [-0.2, 0) is 20.7 Å². The van der Waals surface area contributed by atoms with E-state index < -0.39 is 23.8 Å². The van der Waals surface area contributed by atoms with E-state index in [2.05, 4.69) is 10.3 Å². The number of hydrogen-bond acceptors (Lipinski definition) is 6. The molecule has 0 bridgehead atoms. The third-order valence-electron chi connectivity index (χ3n) is 6.54. The Bertz CT molecular complexity index is 1300. The van der Waals surface area contributed by atoms with Crippen molar-refractivity contribution < 1.29 is 27.8 Å². The lowest BCUT2D eigenvalue weighted by Crippen LogP contribution is -2.48. The van der Waals surface area contributed by atoms with E-state index in [1.807, 2.05) is 19.1 Å². The molecule has 1 N–H and O–H groups in total. The third kappa shape index (κ3) is 4.51. The van der Waals surface area contributed by atoms with Crippen molar-refractivity contribution in [2.24, 2.45) is 0 Å². The zero-order chi connectivity index (χ0) is 25.4. The largest absolute Gasteiger partial charge is 0.453 e. The fourth-order valence-electron chi connectivity index (χ4n) is 4.77. The first-order valence-electron chi connectivity index (χ1n) is 11.8. The summed E-state index contributed by atoms with van der Waals surface area (Å²) in [4.78, 5) is 31.8. The first-order chi connectivity index (χ1) is 17.4. The number of carbonyl (C=O) groups is 2. The number of pyridine rings is 1. The van der Waals surface area contributed by atoms with Crippen LogP contribution in [0.3, 0.4) is 0 Å². The standard InChI is InChI=1S/C25H27F2N5O4/c1-15-3-5-32-20(12-17-14-30(7-8-36-17)25(34)35-2)24(29-21(32)9-15)23-18(26)10-16(11-19(23)27)31-6-4-28-13-22(31)33/h3,5,9-11,17,28H,4,6-8,12-14H2,1-2H3/t17-/m0/s1. The maximum Gasteiger partial charge on any atom is 0.409 e. The Morgan fingerprint density at radius 2 is 2.03 bits per heavy atom. The van der Waals surface area contributed by atoms with Gasteiger partial charge < -0.3 is 29.0 Å². The van der Waals surface area contributed by atoms with Crippen molar-refractivity contribution in [1.82, 2.24) is 19.6 Å². The summed E-state index contributed by atoms with van der Waals surface area (Å²) in [6, 6.07) is 6.07. The lowest BCUT2D eigenvalue weighted by molar-refractivity contribution is -0.118. The topological polar surface area (TPSA) is 88.4 Å². The van der Waals surface area contributed by atoms with Crippen LogP contribution in [0.25, 0.3) is 16.9 Å². The fraction of sp³-hybridized carbons (Fsp3) is 0.400. The van der Waals surface area contributed by atoms with Gasteiger partial charge in [0, 0.05) is 37.9 Å². The van der Waals surface area contributed by atoms with Crippen molar-refractivity contribution in [1.29, 1.82) is 0 Å². The average Bonchev–Trinajstić information content (AvgIpc) is 3.20. The second-order valence-electron chi connectivity index (χ2n) is 8.96. The molecule has 190 valence electrons. The van der Waals surface area contributed by atoms with Gasteiger partial charge >= 0.3 is 6.09 Å². The van der Waals surface area contributed by atoms with Gasteiger partial charge in [0.1, 0.15) is 17.3 Å². The Kier molecular flexibility index (Phi) is 6.59. The number of benzene rings is 1. The number of methoxy groups -OCH3 is 1. The molecule has 0 radical (unpaired) electrons. The van der Waals surface area contributed by atoms with Gasteiger partial charge in [-0.25, -0.2) is 18.6 Å². The second-order valence-corrected chi connectivity index (χ2v) is 8.96. The second kappa shape index (κ2) is 9.82. The molecule has 11 heteroatoms. The highest BCUT2D eigenvalue weighted by atomic mass is 19.1. The number of fused-ring (bicyclic) bond motifs is 1. The molecule has 3 aromatic rings. The van der Waals surface area contributed by atoms with Gasteiger partial charge in [0.25, 0.3) is 0 Å². The van der Waals surface area contributed by atoms with Crippen molar-refractivity contribution in [3.8, 4) is 11.3 Å². The molecule has 4 heterocycles. The Labute approximate surface area is 206 Å². The summed E-state index contributed by atoms with van der Waals surface area (Å²) in [6.07, 6.45) is 1.21. The lowest BCUT2D eigenvalue weighted by Gasteiger charge is -2.32. The van der Waals surface area contributed by atoms with Crippen molar-refractivity contribution in [3.63, 3.8) is 0 Å². The minimum atomic E-state index is -0.807. The van der Waals surface area contributed by atoms with Gasteiger partial charge in [0.2, 0.25) is 5.91 Å². The van der Waals surface area contributed by atoms with Gasteiger partial charge in [-0.15, -0.1) is 0 Å². The van der Waals surface area contributed by atoms with Gasteiger partial charge in [-0.05, 0) is 36.8 Å². The number of amides is 2. The minimum Gasteiger partial charge on any atom is -0.453 e. The predicted octanol–water partition coefficient (Wildman–Crippen LogP) is 2.53. The summed E-state index contributed by atoms with van der Waals surface area (Å²) < 4.78 is 43.5. The molecule has 1 aromatic carbocycles. The quantitative estimate of drug-likeness (QED) is 0.594. The van der Waals surface area contributed by atoms with E-state index in [0.29, 0.717) is 37.6 Å². The van der Waals surface area contributed by atoms with E-state index >= 15 is 8.78 Å². The van der Waals surface area contributed by atoms with Crippen molar-refractivity contribution in [2.45, 2.75) is 19.4 Å². The number of rotatable bonds is 4. The van der Waals surface area contributed by atoms with Gasteiger partial charge in [-0.1, -0.05) is 0 Å². The maximum absolute atomic E-state index is 15.5. The van der Waals surface area contributed by atoms with E-state index in [4.69, 9.17) is 9.47 Å². The summed E-state index contributed by atoms with van der Waals surface area (Å²) in [7, 11) is 1.32. The number of nitrogens with one attached hydrogen (secondary N) is 1. The molecule has 2 amide bonds. The molecule has 5 rings (SSSR count). The number of nitrogens with zero attached hydrogens (tertiary/aromatic N) is 4. The summed E-state index contributed by atoms with van der Waals surface area (Å²) in [5, 5.41) is 2.94. The predicted molar refractivity (Wildman–Crippen MR) is 128 cm³/mol. The van der Waals surface area contributed by atoms with E-state index in [1.165, 1.54) is 24.1 Å². The number of imidazole rings is 1. The molecule has 2 aromatic heterocycles.